The van der Waals surface area contributed by atoms with Crippen LogP contribution in [0.25, 0.3) is 0 Å². The summed E-state index contributed by atoms with van der Waals surface area (Å²) in [5.74, 6) is 0.119. The number of hydrogen-bond donors (Lipinski definition) is 0. The first-order valence-corrected chi connectivity index (χ1v) is 9.02. The molecule has 0 N–H and O–H groups in total. The summed E-state index contributed by atoms with van der Waals surface area (Å²) in [6.45, 7) is 12.6. The Morgan fingerprint density at radius 2 is 1.44 bits per heavy atom. The first-order valence-electron chi connectivity index (χ1n) is 9.02. The number of ketones is 1. The van der Waals surface area contributed by atoms with E-state index in [-0.39, 0.29) is 44.0 Å². The molecule has 0 saturated heterocycles. The Labute approximate surface area is 158 Å². The molecule has 8 nitrogen and oxygen atoms in total. The van der Waals surface area contributed by atoms with Gasteiger partial charge in [-0.3, -0.25) is 4.79 Å². The van der Waals surface area contributed by atoms with E-state index in [4.69, 9.17) is 4.74 Å². The van der Waals surface area contributed by atoms with Crippen LogP contribution in [0.15, 0.2) is 39.7 Å². The molecule has 1 aromatic rings. The van der Waals surface area contributed by atoms with Crippen LogP contribution < -0.4 is 17.1 Å². The van der Waals surface area contributed by atoms with Gasteiger partial charge in [-0.15, -0.1) is 13.2 Å². The average molecular weight is 379 g/mol. The molecule has 1 heterocycles. The molecule has 1 aromatic heterocycles. The van der Waals surface area contributed by atoms with Crippen molar-refractivity contribution in [2.75, 3.05) is 6.61 Å². The van der Waals surface area contributed by atoms with Crippen molar-refractivity contribution in [3.63, 3.8) is 0 Å². The van der Waals surface area contributed by atoms with E-state index < -0.39 is 17.1 Å². The van der Waals surface area contributed by atoms with E-state index >= 15 is 0 Å². The summed E-state index contributed by atoms with van der Waals surface area (Å²) in [5.41, 5.74) is -2.06. The molecule has 27 heavy (non-hydrogen) atoms. The van der Waals surface area contributed by atoms with Crippen LogP contribution in [-0.4, -0.2) is 32.2 Å². The number of rotatable bonds is 12. The number of hydrogen-bond acceptors (Lipinski definition) is 5. The quantitative estimate of drug-likeness (QED) is 0.504. The SMILES string of the molecule is C=CCn1c(=O)n(CC=C)c(=O)n(CCOC(C)CCC(C)C(C)=O)c1=O. The minimum Gasteiger partial charge on any atom is -0.377 e. The molecule has 8 heteroatoms. The lowest BCUT2D eigenvalue weighted by molar-refractivity contribution is -0.120. The smallest absolute Gasteiger partial charge is 0.336 e. The van der Waals surface area contributed by atoms with E-state index in [1.807, 2.05) is 13.8 Å². The van der Waals surface area contributed by atoms with Crippen molar-refractivity contribution in [3.05, 3.63) is 56.8 Å². The Morgan fingerprint density at radius 1 is 0.963 bits per heavy atom. The molecule has 0 bridgehead atoms. The van der Waals surface area contributed by atoms with Crippen molar-refractivity contribution in [1.29, 1.82) is 0 Å². The van der Waals surface area contributed by atoms with Crippen LogP contribution >= 0.6 is 0 Å². The molecule has 1 rings (SSSR count). The zero-order chi connectivity index (χ0) is 20.6. The highest BCUT2D eigenvalue weighted by Crippen LogP contribution is 2.10. The fourth-order valence-corrected chi connectivity index (χ4v) is 2.56. The van der Waals surface area contributed by atoms with Crippen LogP contribution in [0.4, 0.5) is 0 Å². The number of allylic oxidation sites excluding steroid dienone is 2. The molecular weight excluding hydrogens is 350 g/mol. The molecule has 0 radical (unpaired) electrons. The van der Waals surface area contributed by atoms with Gasteiger partial charge in [0, 0.05) is 5.92 Å². The molecule has 2 atom stereocenters. The second-order valence-electron chi connectivity index (χ2n) is 6.57. The third kappa shape index (κ3) is 6.02. The summed E-state index contributed by atoms with van der Waals surface area (Å²) in [5, 5.41) is 0. The van der Waals surface area contributed by atoms with Gasteiger partial charge in [0.2, 0.25) is 0 Å². The number of carbonyl (C=O) groups is 1. The van der Waals surface area contributed by atoms with E-state index in [1.165, 1.54) is 12.2 Å². The van der Waals surface area contributed by atoms with Gasteiger partial charge >= 0.3 is 17.1 Å². The van der Waals surface area contributed by atoms with Crippen molar-refractivity contribution < 1.29 is 9.53 Å². The molecule has 2 unspecified atom stereocenters. The lowest BCUT2D eigenvalue weighted by atomic mass is 10.00. The summed E-state index contributed by atoms with van der Waals surface area (Å²) in [6.07, 6.45) is 4.14. The maximum atomic E-state index is 12.5. The molecule has 150 valence electrons. The summed E-state index contributed by atoms with van der Waals surface area (Å²) < 4.78 is 8.56. The van der Waals surface area contributed by atoms with E-state index in [9.17, 15) is 19.2 Å². The van der Waals surface area contributed by atoms with E-state index in [2.05, 4.69) is 13.2 Å². The molecule has 0 aliphatic heterocycles. The summed E-state index contributed by atoms with van der Waals surface area (Å²) in [6, 6.07) is 0. The molecule has 0 spiro atoms. The maximum Gasteiger partial charge on any atom is 0.336 e. The zero-order valence-electron chi connectivity index (χ0n) is 16.3. The molecule has 0 amide bonds. The number of aromatic nitrogens is 3. The Morgan fingerprint density at radius 3 is 1.89 bits per heavy atom. The first-order chi connectivity index (χ1) is 12.7. The molecule has 0 fully saturated rings. The number of nitrogens with zero attached hydrogens (tertiary/aromatic N) is 3. The van der Waals surface area contributed by atoms with Gasteiger partial charge in [-0.05, 0) is 26.7 Å². The second-order valence-corrected chi connectivity index (χ2v) is 6.57. The van der Waals surface area contributed by atoms with Crippen LogP contribution in [-0.2, 0) is 29.2 Å². The third-order valence-electron chi connectivity index (χ3n) is 4.43. The van der Waals surface area contributed by atoms with Gasteiger partial charge in [-0.25, -0.2) is 28.1 Å². The van der Waals surface area contributed by atoms with E-state index in [1.54, 1.807) is 6.92 Å². The maximum absolute atomic E-state index is 12.5. The van der Waals surface area contributed by atoms with Gasteiger partial charge in [-0.2, -0.15) is 0 Å². The van der Waals surface area contributed by atoms with Gasteiger partial charge < -0.3 is 4.74 Å². The normalized spacial score (nSPS) is 13.1. The minimum absolute atomic E-state index is 0.00921. The van der Waals surface area contributed by atoms with Crippen LogP contribution in [0.3, 0.4) is 0 Å². The predicted molar refractivity (Wildman–Crippen MR) is 104 cm³/mol. The Bertz CT molecular complexity index is 798. The van der Waals surface area contributed by atoms with Gasteiger partial charge in [0.05, 0.1) is 32.3 Å². The Kier molecular flexibility index (Phi) is 8.87. The molecule has 0 aliphatic rings. The van der Waals surface area contributed by atoms with Crippen LogP contribution in [0.5, 0.6) is 0 Å². The monoisotopic (exact) mass is 379 g/mol. The third-order valence-corrected chi connectivity index (χ3v) is 4.43. The summed E-state index contributed by atoms with van der Waals surface area (Å²) in [7, 11) is 0. The lowest BCUT2D eigenvalue weighted by Gasteiger charge is -2.16. The Hall–Kier alpha value is -2.48. The highest BCUT2D eigenvalue weighted by Gasteiger charge is 2.15. The highest BCUT2D eigenvalue weighted by molar-refractivity contribution is 5.77. The van der Waals surface area contributed by atoms with Crippen molar-refractivity contribution in [3.8, 4) is 0 Å². The van der Waals surface area contributed by atoms with E-state index in [0.29, 0.717) is 12.8 Å². The standard InChI is InChI=1S/C19H29N3O5/c1-6-10-20-17(24)21(11-7-2)19(26)22(18(20)25)12-13-27-15(4)9-8-14(3)16(5)23/h6-7,14-15H,1-2,8-13H2,3-5H3. The lowest BCUT2D eigenvalue weighted by Crippen LogP contribution is -2.54. The van der Waals surface area contributed by atoms with Gasteiger partial charge in [-0.1, -0.05) is 19.1 Å². The first kappa shape index (κ1) is 22.6. The predicted octanol–water partition coefficient (Wildman–Crippen LogP) is 0.954. The largest absolute Gasteiger partial charge is 0.377 e. The number of ether oxygens (including phenoxy) is 1. The van der Waals surface area contributed by atoms with Crippen molar-refractivity contribution in [2.24, 2.45) is 5.92 Å². The minimum atomic E-state index is -0.688. The van der Waals surface area contributed by atoms with E-state index in [0.717, 1.165) is 13.7 Å². The van der Waals surface area contributed by atoms with Crippen molar-refractivity contribution in [1.82, 2.24) is 13.7 Å². The summed E-state index contributed by atoms with van der Waals surface area (Å²) in [4.78, 5) is 48.5. The number of Topliss-reactive ketones (excluding diaryl/α,β-unsaturated/α-hetero) is 1. The van der Waals surface area contributed by atoms with Gasteiger partial charge in [0.15, 0.2) is 0 Å². The fourth-order valence-electron chi connectivity index (χ4n) is 2.56. The average Bonchev–Trinajstić information content (AvgIpc) is 2.63. The number of carbonyl (C=O) groups excluding carboxylic acids is 1. The van der Waals surface area contributed by atoms with Crippen molar-refractivity contribution >= 4 is 5.78 Å². The van der Waals surface area contributed by atoms with Gasteiger partial charge in [0.25, 0.3) is 0 Å². The van der Waals surface area contributed by atoms with Crippen LogP contribution in [0.1, 0.15) is 33.6 Å². The topological polar surface area (TPSA) is 92.3 Å². The fraction of sp³-hybridized carbons (Fsp3) is 0.579. The molecule has 0 saturated carbocycles. The molecule has 0 aromatic carbocycles. The van der Waals surface area contributed by atoms with Crippen LogP contribution in [0, 0.1) is 5.92 Å². The summed E-state index contributed by atoms with van der Waals surface area (Å²) >= 11 is 0. The Balaban J connectivity index is 2.91. The molecular formula is C19H29N3O5. The second kappa shape index (κ2) is 10.6. The van der Waals surface area contributed by atoms with Gasteiger partial charge in [0.1, 0.15) is 5.78 Å². The zero-order valence-corrected chi connectivity index (χ0v) is 16.3. The van der Waals surface area contributed by atoms with Crippen LogP contribution in [0.2, 0.25) is 0 Å². The van der Waals surface area contributed by atoms with Crippen molar-refractivity contribution in [2.45, 2.75) is 59.4 Å². The molecule has 0 aliphatic carbocycles. The highest BCUT2D eigenvalue weighted by atomic mass is 16.5.